The molecule has 0 fully saturated rings. The van der Waals surface area contributed by atoms with Crippen LogP contribution in [0.4, 0.5) is 0 Å². The molecule has 0 saturated heterocycles. The molecule has 0 aromatic carbocycles. The van der Waals surface area contributed by atoms with Crippen molar-refractivity contribution < 1.29 is 4.74 Å². The summed E-state index contributed by atoms with van der Waals surface area (Å²) in [4.78, 5) is 9.22. The highest BCUT2D eigenvalue weighted by Gasteiger charge is 2.20. The smallest absolute Gasteiger partial charge is 0.154 e. The molecular formula is C16H27N3O. The molecule has 0 bridgehead atoms. The summed E-state index contributed by atoms with van der Waals surface area (Å²) in [6.07, 6.45) is 8.98. The molecule has 1 atom stereocenters. The van der Waals surface area contributed by atoms with Crippen molar-refractivity contribution in [1.29, 1.82) is 0 Å². The van der Waals surface area contributed by atoms with Crippen molar-refractivity contribution in [2.45, 2.75) is 65.0 Å². The summed E-state index contributed by atoms with van der Waals surface area (Å²) in [6.45, 7) is 6.69. The van der Waals surface area contributed by atoms with Gasteiger partial charge in [0.15, 0.2) is 5.82 Å². The van der Waals surface area contributed by atoms with E-state index in [2.05, 4.69) is 24.1 Å². The number of fused-ring (bicyclic) bond motifs is 1. The van der Waals surface area contributed by atoms with E-state index in [1.54, 1.807) is 0 Å². The number of aromatic nitrogens is 2. The normalized spacial score (nSPS) is 18.6. The van der Waals surface area contributed by atoms with Gasteiger partial charge in [0.1, 0.15) is 6.61 Å². The van der Waals surface area contributed by atoms with Crippen LogP contribution in [0.2, 0.25) is 0 Å². The van der Waals surface area contributed by atoms with Gasteiger partial charge in [-0.15, -0.1) is 0 Å². The fourth-order valence-electron chi connectivity index (χ4n) is 2.66. The highest BCUT2D eigenvalue weighted by atomic mass is 16.5. The zero-order valence-corrected chi connectivity index (χ0v) is 12.8. The zero-order chi connectivity index (χ0) is 14.2. The Bertz CT molecular complexity index is 409. The molecule has 2 rings (SSSR count). The lowest BCUT2D eigenvalue weighted by atomic mass is 10.0. The van der Waals surface area contributed by atoms with Gasteiger partial charge in [0.2, 0.25) is 0 Å². The Morgan fingerprint density at radius 1 is 1.30 bits per heavy atom. The Morgan fingerprint density at radius 3 is 3.00 bits per heavy atom. The van der Waals surface area contributed by atoms with Crippen molar-refractivity contribution in [3.63, 3.8) is 0 Å². The Hall–Kier alpha value is -1.00. The lowest BCUT2D eigenvalue weighted by Crippen LogP contribution is -2.23. The first kappa shape index (κ1) is 15.4. The van der Waals surface area contributed by atoms with E-state index in [0.29, 0.717) is 12.6 Å². The first-order valence-corrected chi connectivity index (χ1v) is 8.01. The minimum atomic E-state index is 0.429. The maximum Gasteiger partial charge on any atom is 0.154 e. The third-order valence-corrected chi connectivity index (χ3v) is 3.70. The minimum Gasteiger partial charge on any atom is -0.373 e. The van der Waals surface area contributed by atoms with Gasteiger partial charge >= 0.3 is 0 Å². The van der Waals surface area contributed by atoms with Gasteiger partial charge in [-0.2, -0.15) is 0 Å². The molecule has 1 heterocycles. The van der Waals surface area contributed by atoms with Gasteiger partial charge in [0, 0.05) is 30.1 Å². The van der Waals surface area contributed by atoms with E-state index in [1.807, 2.05) is 6.20 Å². The van der Waals surface area contributed by atoms with Crippen LogP contribution in [0, 0.1) is 0 Å². The lowest BCUT2D eigenvalue weighted by molar-refractivity contribution is 0.116. The molecule has 1 aromatic heterocycles. The van der Waals surface area contributed by atoms with Crippen LogP contribution in [0.5, 0.6) is 0 Å². The predicted molar refractivity (Wildman–Crippen MR) is 80.6 cm³/mol. The lowest BCUT2D eigenvalue weighted by Gasteiger charge is -2.18. The van der Waals surface area contributed by atoms with E-state index >= 15 is 0 Å². The number of nitrogens with one attached hydrogen (secondary N) is 1. The summed E-state index contributed by atoms with van der Waals surface area (Å²) < 4.78 is 5.54. The molecule has 20 heavy (non-hydrogen) atoms. The highest BCUT2D eigenvalue weighted by molar-refractivity contribution is 5.23. The van der Waals surface area contributed by atoms with Gasteiger partial charge in [-0.1, -0.05) is 20.3 Å². The maximum absolute atomic E-state index is 5.54. The summed E-state index contributed by atoms with van der Waals surface area (Å²) in [5.41, 5.74) is 2.52. The second kappa shape index (κ2) is 8.32. The second-order valence-corrected chi connectivity index (χ2v) is 5.49. The van der Waals surface area contributed by atoms with Crippen LogP contribution in [0.25, 0.3) is 0 Å². The van der Waals surface area contributed by atoms with Crippen molar-refractivity contribution in [3.8, 4) is 0 Å². The summed E-state index contributed by atoms with van der Waals surface area (Å²) in [5, 5.41) is 3.63. The zero-order valence-electron chi connectivity index (χ0n) is 12.8. The Kier molecular flexibility index (Phi) is 6.40. The summed E-state index contributed by atoms with van der Waals surface area (Å²) in [5.74, 6) is 0.827. The van der Waals surface area contributed by atoms with Crippen molar-refractivity contribution >= 4 is 0 Å². The van der Waals surface area contributed by atoms with E-state index < -0.39 is 0 Å². The van der Waals surface area contributed by atoms with Gasteiger partial charge in [-0.05, 0) is 38.6 Å². The monoisotopic (exact) mass is 277 g/mol. The average Bonchev–Trinajstić information content (AvgIpc) is 2.67. The third-order valence-electron chi connectivity index (χ3n) is 3.70. The molecule has 0 saturated carbocycles. The van der Waals surface area contributed by atoms with Gasteiger partial charge in [0.25, 0.3) is 0 Å². The van der Waals surface area contributed by atoms with Crippen LogP contribution in [0.1, 0.15) is 69.1 Å². The predicted octanol–water partition coefficient (Wildman–Crippen LogP) is 3.17. The molecule has 1 aliphatic carbocycles. The third kappa shape index (κ3) is 4.25. The number of rotatable bonds is 7. The number of hydrogen-bond acceptors (Lipinski definition) is 4. The van der Waals surface area contributed by atoms with Crippen LogP contribution in [-0.4, -0.2) is 23.1 Å². The SMILES string of the molecule is CCCNC1CCCCc2nc(COCCC)ncc21. The molecule has 1 aromatic rings. The molecule has 112 valence electrons. The largest absolute Gasteiger partial charge is 0.373 e. The first-order chi connectivity index (χ1) is 9.85. The topological polar surface area (TPSA) is 47.0 Å². The van der Waals surface area contributed by atoms with E-state index in [1.165, 1.54) is 30.5 Å². The van der Waals surface area contributed by atoms with Crippen molar-refractivity contribution in [3.05, 3.63) is 23.3 Å². The fourth-order valence-corrected chi connectivity index (χ4v) is 2.66. The standard InChI is InChI=1S/C16H27N3O/c1-3-9-17-14-7-5-6-8-15-13(14)11-18-16(19-15)12-20-10-4-2/h11,14,17H,3-10,12H2,1-2H3. The van der Waals surface area contributed by atoms with E-state index in [9.17, 15) is 0 Å². The molecule has 1 aliphatic rings. The number of aryl methyl sites for hydroxylation is 1. The molecule has 0 aliphatic heterocycles. The Balaban J connectivity index is 2.08. The van der Waals surface area contributed by atoms with E-state index in [0.717, 1.165) is 38.2 Å². The highest BCUT2D eigenvalue weighted by Crippen LogP contribution is 2.27. The number of ether oxygens (including phenoxy) is 1. The molecule has 1 N–H and O–H groups in total. The molecule has 0 amide bonds. The molecule has 0 spiro atoms. The summed E-state index contributed by atoms with van der Waals surface area (Å²) in [6, 6.07) is 0.429. The van der Waals surface area contributed by atoms with Gasteiger partial charge in [-0.3, -0.25) is 0 Å². The van der Waals surface area contributed by atoms with Crippen LogP contribution < -0.4 is 5.32 Å². The van der Waals surface area contributed by atoms with Crippen molar-refractivity contribution in [2.75, 3.05) is 13.2 Å². The van der Waals surface area contributed by atoms with Crippen LogP contribution in [-0.2, 0) is 17.8 Å². The van der Waals surface area contributed by atoms with Crippen molar-refractivity contribution in [2.24, 2.45) is 0 Å². The van der Waals surface area contributed by atoms with Gasteiger partial charge in [-0.25, -0.2) is 9.97 Å². The minimum absolute atomic E-state index is 0.429. The number of nitrogens with zero attached hydrogens (tertiary/aromatic N) is 2. The summed E-state index contributed by atoms with van der Waals surface area (Å²) in [7, 11) is 0. The average molecular weight is 277 g/mol. The number of hydrogen-bond donors (Lipinski definition) is 1. The quantitative estimate of drug-likeness (QED) is 0.614. The Morgan fingerprint density at radius 2 is 2.20 bits per heavy atom. The molecule has 4 nitrogen and oxygen atoms in total. The van der Waals surface area contributed by atoms with E-state index in [-0.39, 0.29) is 0 Å². The molecule has 1 unspecified atom stereocenters. The molecule has 4 heteroatoms. The molecular weight excluding hydrogens is 250 g/mol. The van der Waals surface area contributed by atoms with Crippen LogP contribution >= 0.6 is 0 Å². The Labute approximate surface area is 122 Å². The molecule has 0 radical (unpaired) electrons. The van der Waals surface area contributed by atoms with Gasteiger partial charge in [0.05, 0.1) is 0 Å². The second-order valence-electron chi connectivity index (χ2n) is 5.49. The fraction of sp³-hybridized carbons (Fsp3) is 0.750. The van der Waals surface area contributed by atoms with Crippen LogP contribution in [0.15, 0.2) is 6.20 Å². The first-order valence-electron chi connectivity index (χ1n) is 8.01. The van der Waals surface area contributed by atoms with Gasteiger partial charge < -0.3 is 10.1 Å². The van der Waals surface area contributed by atoms with Crippen molar-refractivity contribution in [1.82, 2.24) is 15.3 Å². The van der Waals surface area contributed by atoms with Crippen LogP contribution in [0.3, 0.4) is 0 Å². The van der Waals surface area contributed by atoms with E-state index in [4.69, 9.17) is 9.72 Å². The maximum atomic E-state index is 5.54. The summed E-state index contributed by atoms with van der Waals surface area (Å²) >= 11 is 0.